The van der Waals surface area contributed by atoms with Crippen molar-refractivity contribution in [1.29, 1.82) is 0 Å². The maximum absolute atomic E-state index is 4.65. The predicted octanol–water partition coefficient (Wildman–Crippen LogP) is 4.36. The van der Waals surface area contributed by atoms with Crippen LogP contribution in [0.4, 0.5) is 11.5 Å². The van der Waals surface area contributed by atoms with E-state index in [4.69, 9.17) is 0 Å². The van der Waals surface area contributed by atoms with Crippen molar-refractivity contribution in [2.24, 2.45) is 0 Å². The highest BCUT2D eigenvalue weighted by Crippen LogP contribution is 2.25. The summed E-state index contributed by atoms with van der Waals surface area (Å²) in [7, 11) is 0. The van der Waals surface area contributed by atoms with E-state index < -0.39 is 0 Å². The average molecular weight is 331 g/mol. The molecule has 0 spiro atoms. The molecule has 0 radical (unpaired) electrons. The van der Waals surface area contributed by atoms with Gasteiger partial charge in [0.2, 0.25) is 0 Å². The first kappa shape index (κ1) is 13.1. The standard InChI is InChI=1S/C15H15BrN4/c1-10(2)13-8-14(18-11-6-4-3-5-7-11)20-15(19-13)12(16)9-17-20/h3-10,18H,1-2H3. The van der Waals surface area contributed by atoms with Gasteiger partial charge in [-0.05, 0) is 34.0 Å². The molecule has 0 amide bonds. The number of nitrogens with one attached hydrogen (secondary N) is 1. The van der Waals surface area contributed by atoms with Crippen LogP contribution in [-0.2, 0) is 0 Å². The van der Waals surface area contributed by atoms with Crippen molar-refractivity contribution in [1.82, 2.24) is 14.6 Å². The zero-order chi connectivity index (χ0) is 14.1. The molecule has 20 heavy (non-hydrogen) atoms. The first-order valence-electron chi connectivity index (χ1n) is 6.51. The SMILES string of the molecule is CC(C)c1cc(Nc2ccccc2)n2ncc(Br)c2n1. The van der Waals surface area contributed by atoms with Crippen LogP contribution in [0.15, 0.2) is 47.1 Å². The number of hydrogen-bond acceptors (Lipinski definition) is 3. The number of aromatic nitrogens is 3. The molecule has 0 bridgehead atoms. The second kappa shape index (κ2) is 5.25. The van der Waals surface area contributed by atoms with Gasteiger partial charge < -0.3 is 5.32 Å². The molecule has 0 aliphatic carbocycles. The summed E-state index contributed by atoms with van der Waals surface area (Å²) in [6.45, 7) is 4.27. The van der Waals surface area contributed by atoms with E-state index in [9.17, 15) is 0 Å². The minimum Gasteiger partial charge on any atom is -0.340 e. The molecule has 4 nitrogen and oxygen atoms in total. The Morgan fingerprint density at radius 1 is 1.20 bits per heavy atom. The molecule has 2 heterocycles. The number of halogens is 1. The van der Waals surface area contributed by atoms with Gasteiger partial charge in [-0.3, -0.25) is 0 Å². The Balaban J connectivity index is 2.13. The summed E-state index contributed by atoms with van der Waals surface area (Å²) in [5.41, 5.74) is 2.90. The fourth-order valence-electron chi connectivity index (χ4n) is 2.01. The van der Waals surface area contributed by atoms with E-state index in [1.165, 1.54) is 0 Å². The zero-order valence-electron chi connectivity index (χ0n) is 11.3. The Bertz CT molecular complexity index is 734. The van der Waals surface area contributed by atoms with Crippen LogP contribution in [0.3, 0.4) is 0 Å². The maximum Gasteiger partial charge on any atom is 0.171 e. The Labute approximate surface area is 126 Å². The number of fused-ring (bicyclic) bond motifs is 1. The minimum absolute atomic E-state index is 0.359. The first-order valence-corrected chi connectivity index (χ1v) is 7.30. The summed E-state index contributed by atoms with van der Waals surface area (Å²) >= 11 is 3.50. The maximum atomic E-state index is 4.65. The van der Waals surface area contributed by atoms with E-state index >= 15 is 0 Å². The molecule has 0 aliphatic rings. The normalized spacial score (nSPS) is 11.2. The molecule has 0 saturated carbocycles. The van der Waals surface area contributed by atoms with Gasteiger partial charge in [-0.1, -0.05) is 32.0 Å². The number of hydrogen-bond donors (Lipinski definition) is 1. The van der Waals surface area contributed by atoms with Crippen LogP contribution in [0.5, 0.6) is 0 Å². The van der Waals surface area contributed by atoms with Crippen molar-refractivity contribution in [2.45, 2.75) is 19.8 Å². The summed E-state index contributed by atoms with van der Waals surface area (Å²) in [4.78, 5) is 4.65. The van der Waals surface area contributed by atoms with E-state index in [-0.39, 0.29) is 0 Å². The highest BCUT2D eigenvalue weighted by atomic mass is 79.9. The fraction of sp³-hybridized carbons (Fsp3) is 0.200. The van der Waals surface area contributed by atoms with Gasteiger partial charge in [-0.15, -0.1) is 0 Å². The summed E-state index contributed by atoms with van der Waals surface area (Å²) in [6.07, 6.45) is 1.77. The van der Waals surface area contributed by atoms with E-state index in [1.807, 2.05) is 40.9 Å². The lowest BCUT2D eigenvalue weighted by atomic mass is 10.1. The molecule has 0 saturated heterocycles. The molecule has 1 aromatic carbocycles. The molecule has 0 atom stereocenters. The van der Waals surface area contributed by atoms with Gasteiger partial charge in [-0.2, -0.15) is 9.61 Å². The van der Waals surface area contributed by atoms with Crippen LogP contribution in [-0.4, -0.2) is 14.6 Å². The molecule has 0 aliphatic heterocycles. The lowest BCUT2D eigenvalue weighted by Crippen LogP contribution is -2.04. The van der Waals surface area contributed by atoms with Gasteiger partial charge >= 0.3 is 0 Å². The minimum atomic E-state index is 0.359. The van der Waals surface area contributed by atoms with Crippen LogP contribution in [0, 0.1) is 0 Å². The van der Waals surface area contributed by atoms with Crippen LogP contribution >= 0.6 is 15.9 Å². The summed E-state index contributed by atoms with van der Waals surface area (Å²) in [5, 5.41) is 7.75. The van der Waals surface area contributed by atoms with Crippen molar-refractivity contribution in [3.8, 4) is 0 Å². The van der Waals surface area contributed by atoms with Crippen molar-refractivity contribution in [2.75, 3.05) is 5.32 Å². The van der Waals surface area contributed by atoms with E-state index in [2.05, 4.69) is 45.2 Å². The Hall–Kier alpha value is -1.88. The van der Waals surface area contributed by atoms with Crippen LogP contribution in [0.1, 0.15) is 25.5 Å². The molecule has 2 aromatic heterocycles. The molecule has 1 N–H and O–H groups in total. The molecule has 0 fully saturated rings. The summed E-state index contributed by atoms with van der Waals surface area (Å²) in [6, 6.07) is 12.1. The number of nitrogens with zero attached hydrogens (tertiary/aromatic N) is 3. The third-order valence-corrected chi connectivity index (χ3v) is 3.65. The van der Waals surface area contributed by atoms with E-state index in [0.717, 1.165) is 27.3 Å². The van der Waals surface area contributed by atoms with E-state index in [0.29, 0.717) is 5.92 Å². The summed E-state index contributed by atoms with van der Waals surface area (Å²) < 4.78 is 2.71. The Morgan fingerprint density at radius 3 is 2.65 bits per heavy atom. The van der Waals surface area contributed by atoms with Crippen LogP contribution < -0.4 is 5.32 Å². The Kier molecular flexibility index (Phi) is 3.44. The lowest BCUT2D eigenvalue weighted by molar-refractivity contribution is 0.811. The lowest BCUT2D eigenvalue weighted by Gasteiger charge is -2.12. The highest BCUT2D eigenvalue weighted by molar-refractivity contribution is 9.10. The van der Waals surface area contributed by atoms with Crippen molar-refractivity contribution in [3.63, 3.8) is 0 Å². The van der Waals surface area contributed by atoms with Crippen molar-refractivity contribution < 1.29 is 0 Å². The monoisotopic (exact) mass is 330 g/mol. The largest absolute Gasteiger partial charge is 0.340 e. The third-order valence-electron chi connectivity index (χ3n) is 3.09. The third kappa shape index (κ3) is 2.41. The molecule has 5 heteroatoms. The smallest absolute Gasteiger partial charge is 0.171 e. The van der Waals surface area contributed by atoms with E-state index in [1.54, 1.807) is 6.20 Å². The van der Waals surface area contributed by atoms with Crippen molar-refractivity contribution >= 4 is 33.1 Å². The predicted molar refractivity (Wildman–Crippen MR) is 84.5 cm³/mol. The van der Waals surface area contributed by atoms with Gasteiger partial charge in [0.1, 0.15) is 5.82 Å². The van der Waals surface area contributed by atoms with Gasteiger partial charge in [0, 0.05) is 17.4 Å². The van der Waals surface area contributed by atoms with Crippen molar-refractivity contribution in [3.05, 3.63) is 52.8 Å². The number of para-hydroxylation sites is 1. The molecule has 3 aromatic rings. The number of anilines is 2. The van der Waals surface area contributed by atoms with Gasteiger partial charge in [0.05, 0.1) is 10.7 Å². The molecular formula is C15H15BrN4. The molecule has 0 unspecified atom stereocenters. The highest BCUT2D eigenvalue weighted by Gasteiger charge is 2.12. The summed E-state index contributed by atoms with van der Waals surface area (Å²) in [5.74, 6) is 1.27. The van der Waals surface area contributed by atoms with Crippen LogP contribution in [0.25, 0.3) is 5.65 Å². The zero-order valence-corrected chi connectivity index (χ0v) is 12.9. The Morgan fingerprint density at radius 2 is 1.95 bits per heavy atom. The second-order valence-corrected chi connectivity index (χ2v) is 5.79. The van der Waals surface area contributed by atoms with Crippen LogP contribution in [0.2, 0.25) is 0 Å². The van der Waals surface area contributed by atoms with Gasteiger partial charge in [0.25, 0.3) is 0 Å². The molecule has 102 valence electrons. The fourth-order valence-corrected chi connectivity index (χ4v) is 2.36. The van der Waals surface area contributed by atoms with Gasteiger partial charge in [-0.25, -0.2) is 4.98 Å². The van der Waals surface area contributed by atoms with Gasteiger partial charge in [0.15, 0.2) is 5.65 Å². The topological polar surface area (TPSA) is 42.2 Å². The molecular weight excluding hydrogens is 316 g/mol. The quantitative estimate of drug-likeness (QED) is 0.775. The first-order chi connectivity index (χ1) is 9.65. The number of benzene rings is 1. The molecule has 3 rings (SSSR count). The second-order valence-electron chi connectivity index (χ2n) is 4.94. The number of rotatable bonds is 3. The average Bonchev–Trinajstić information content (AvgIpc) is 2.82.